The average molecular weight is 226 g/mol. The Bertz CT molecular complexity index is 218. The van der Waals surface area contributed by atoms with Crippen LogP contribution in [0.2, 0.25) is 0 Å². The van der Waals surface area contributed by atoms with Crippen molar-refractivity contribution < 1.29 is 4.57 Å². The smallest absolute Gasteiger partial charge is 0.195 e. The van der Waals surface area contributed by atoms with Gasteiger partial charge in [-0.25, -0.2) is 0 Å². The Hall–Kier alpha value is -0.370. The summed E-state index contributed by atoms with van der Waals surface area (Å²) in [6.45, 7) is 3.48. The molecular formula is C13H24NS+. The fourth-order valence-electron chi connectivity index (χ4n) is 1.82. The van der Waals surface area contributed by atoms with Crippen LogP contribution in [-0.2, 0) is 6.54 Å². The second kappa shape index (κ2) is 8.90. The Balaban J connectivity index is 1.81. The first-order valence-electron chi connectivity index (χ1n) is 6.34. The molecule has 1 aromatic heterocycles. The summed E-state index contributed by atoms with van der Waals surface area (Å²) in [5.74, 6) is 0. The zero-order valence-corrected chi connectivity index (χ0v) is 10.8. The Morgan fingerprint density at radius 3 is 2.20 bits per heavy atom. The Morgan fingerprint density at radius 1 is 0.933 bits per heavy atom. The first-order valence-corrected chi connectivity index (χ1v) is 7.29. The third kappa shape index (κ3) is 6.67. The lowest BCUT2D eigenvalue weighted by molar-refractivity contribution is -0.692. The van der Waals surface area contributed by atoms with Crippen LogP contribution in [0.5, 0.6) is 0 Å². The van der Waals surface area contributed by atoms with Gasteiger partial charge < -0.3 is 0 Å². The molecule has 0 unspecified atom stereocenters. The fourth-order valence-corrected chi connectivity index (χ4v) is 2.45. The van der Waals surface area contributed by atoms with E-state index in [4.69, 9.17) is 0 Å². The summed E-state index contributed by atoms with van der Waals surface area (Å²) in [4.78, 5) is 0. The second-order valence-electron chi connectivity index (χ2n) is 4.24. The average Bonchev–Trinajstić information content (AvgIpc) is 2.75. The van der Waals surface area contributed by atoms with Crippen LogP contribution >= 0.6 is 11.3 Å². The van der Waals surface area contributed by atoms with E-state index in [2.05, 4.69) is 28.6 Å². The van der Waals surface area contributed by atoms with Gasteiger partial charge in [0.1, 0.15) is 6.54 Å². The van der Waals surface area contributed by atoms with Crippen molar-refractivity contribution in [2.45, 2.75) is 64.8 Å². The monoisotopic (exact) mass is 226 g/mol. The topological polar surface area (TPSA) is 3.88 Å². The van der Waals surface area contributed by atoms with Gasteiger partial charge in [-0.3, -0.25) is 0 Å². The molecule has 86 valence electrons. The normalized spacial score (nSPS) is 10.7. The fraction of sp³-hybridized carbons (Fsp3) is 0.769. The molecular weight excluding hydrogens is 202 g/mol. The number of nitrogens with zero attached hydrogens (tertiary/aromatic N) is 1. The molecule has 1 rings (SSSR count). The highest BCUT2D eigenvalue weighted by atomic mass is 32.1. The van der Waals surface area contributed by atoms with E-state index in [9.17, 15) is 0 Å². The minimum atomic E-state index is 1.21. The third-order valence-corrected chi connectivity index (χ3v) is 3.47. The van der Waals surface area contributed by atoms with Crippen molar-refractivity contribution in [3.05, 3.63) is 17.1 Å². The van der Waals surface area contributed by atoms with Gasteiger partial charge >= 0.3 is 0 Å². The number of rotatable bonds is 9. The maximum atomic E-state index is 2.29. The lowest BCUT2D eigenvalue weighted by atomic mass is 10.1. The first-order chi connectivity index (χ1) is 7.43. The van der Waals surface area contributed by atoms with Crippen molar-refractivity contribution in [1.82, 2.24) is 0 Å². The molecule has 0 atom stereocenters. The number of aromatic nitrogens is 1. The van der Waals surface area contributed by atoms with Crippen molar-refractivity contribution in [3.8, 4) is 0 Å². The van der Waals surface area contributed by atoms with Crippen LogP contribution in [0.3, 0.4) is 0 Å². The number of thiazole rings is 1. The molecule has 0 spiro atoms. The number of hydrogen-bond acceptors (Lipinski definition) is 1. The lowest BCUT2D eigenvalue weighted by Crippen LogP contribution is -2.29. The standard InChI is InChI=1S/C13H24NS/c1-2-3-4-5-6-7-8-9-10-14-11-12-15-13-14/h11-13H,2-10H2,1H3/q+1. The van der Waals surface area contributed by atoms with Gasteiger partial charge in [0.05, 0.1) is 5.38 Å². The van der Waals surface area contributed by atoms with Crippen LogP contribution in [0, 0.1) is 0 Å². The van der Waals surface area contributed by atoms with E-state index in [1.165, 1.54) is 57.9 Å². The second-order valence-corrected chi connectivity index (χ2v) is 4.99. The molecule has 0 fully saturated rings. The van der Waals surface area contributed by atoms with Gasteiger partial charge in [-0.1, -0.05) is 56.8 Å². The summed E-state index contributed by atoms with van der Waals surface area (Å²) < 4.78 is 2.29. The lowest BCUT2D eigenvalue weighted by Gasteiger charge is -1.99. The highest BCUT2D eigenvalue weighted by Crippen LogP contribution is 2.08. The molecule has 0 N–H and O–H groups in total. The summed E-state index contributed by atoms with van der Waals surface area (Å²) >= 11 is 1.78. The molecule has 0 bridgehead atoms. The largest absolute Gasteiger partial charge is 0.224 e. The third-order valence-electron chi connectivity index (χ3n) is 2.80. The van der Waals surface area contributed by atoms with Gasteiger partial charge in [-0.05, 0) is 6.42 Å². The predicted molar refractivity (Wildman–Crippen MR) is 67.1 cm³/mol. The summed E-state index contributed by atoms with van der Waals surface area (Å²) in [5, 5.41) is 2.14. The van der Waals surface area contributed by atoms with E-state index in [0.717, 1.165) is 0 Å². The molecule has 0 saturated heterocycles. The summed E-state index contributed by atoms with van der Waals surface area (Å²) in [6, 6.07) is 0. The van der Waals surface area contributed by atoms with E-state index in [0.29, 0.717) is 0 Å². The molecule has 15 heavy (non-hydrogen) atoms. The molecule has 0 aliphatic rings. The van der Waals surface area contributed by atoms with Gasteiger partial charge in [-0.15, -0.1) is 0 Å². The van der Waals surface area contributed by atoms with Crippen LogP contribution in [0.1, 0.15) is 58.3 Å². The maximum Gasteiger partial charge on any atom is 0.224 e. The quantitative estimate of drug-likeness (QED) is 0.439. The summed E-state index contributed by atoms with van der Waals surface area (Å²) in [5.41, 5.74) is 2.20. The number of hydrogen-bond donors (Lipinski definition) is 0. The summed E-state index contributed by atoms with van der Waals surface area (Å²) in [6.07, 6.45) is 13.4. The highest BCUT2D eigenvalue weighted by molar-refractivity contribution is 7.07. The van der Waals surface area contributed by atoms with E-state index in [1.807, 2.05) is 0 Å². The van der Waals surface area contributed by atoms with Gasteiger partial charge in [0.15, 0.2) is 6.20 Å². The molecule has 0 amide bonds. The molecule has 0 saturated carbocycles. The zero-order chi connectivity index (χ0) is 10.8. The molecule has 0 aliphatic heterocycles. The van der Waals surface area contributed by atoms with Crippen molar-refractivity contribution in [2.75, 3.05) is 0 Å². The molecule has 1 nitrogen and oxygen atoms in total. The Labute approximate surface area is 98.2 Å². The highest BCUT2D eigenvalue weighted by Gasteiger charge is 1.98. The van der Waals surface area contributed by atoms with Crippen LogP contribution in [0.4, 0.5) is 0 Å². The molecule has 0 radical (unpaired) electrons. The van der Waals surface area contributed by atoms with Gasteiger partial charge in [-0.2, -0.15) is 4.57 Å². The first kappa shape index (κ1) is 12.7. The molecule has 1 aromatic rings. The zero-order valence-electron chi connectivity index (χ0n) is 9.95. The van der Waals surface area contributed by atoms with Crippen molar-refractivity contribution in [3.63, 3.8) is 0 Å². The molecule has 0 aromatic carbocycles. The van der Waals surface area contributed by atoms with Crippen LogP contribution < -0.4 is 4.57 Å². The molecule has 0 aliphatic carbocycles. The van der Waals surface area contributed by atoms with E-state index in [1.54, 1.807) is 11.3 Å². The van der Waals surface area contributed by atoms with Crippen molar-refractivity contribution in [2.24, 2.45) is 0 Å². The van der Waals surface area contributed by atoms with E-state index < -0.39 is 0 Å². The van der Waals surface area contributed by atoms with Crippen molar-refractivity contribution in [1.29, 1.82) is 0 Å². The van der Waals surface area contributed by atoms with Crippen molar-refractivity contribution >= 4 is 11.3 Å². The summed E-state index contributed by atoms with van der Waals surface area (Å²) in [7, 11) is 0. The maximum absolute atomic E-state index is 2.29. The SMILES string of the molecule is CCCCCCCCCC[n+]1ccsc1. The van der Waals surface area contributed by atoms with E-state index in [-0.39, 0.29) is 0 Å². The van der Waals surface area contributed by atoms with Crippen LogP contribution in [-0.4, -0.2) is 0 Å². The molecule has 1 heterocycles. The van der Waals surface area contributed by atoms with Gasteiger partial charge in [0.2, 0.25) is 5.51 Å². The minimum Gasteiger partial charge on any atom is -0.195 e. The van der Waals surface area contributed by atoms with Crippen LogP contribution in [0.15, 0.2) is 17.1 Å². The Kier molecular flexibility index (Phi) is 7.53. The van der Waals surface area contributed by atoms with Gasteiger partial charge in [0, 0.05) is 6.42 Å². The van der Waals surface area contributed by atoms with Gasteiger partial charge in [0.25, 0.3) is 0 Å². The van der Waals surface area contributed by atoms with Crippen LogP contribution in [0.25, 0.3) is 0 Å². The minimum absolute atomic E-state index is 1.21. The predicted octanol–water partition coefficient (Wildman–Crippen LogP) is 4.18. The number of unbranched alkanes of at least 4 members (excludes halogenated alkanes) is 7. The van der Waals surface area contributed by atoms with E-state index >= 15 is 0 Å². The number of aryl methyl sites for hydroxylation is 1. The Morgan fingerprint density at radius 2 is 1.60 bits per heavy atom. The molecule has 2 heteroatoms.